The molecule has 7 heteroatoms. The Kier molecular flexibility index (Phi) is 9.90. The van der Waals surface area contributed by atoms with Crippen molar-refractivity contribution in [2.24, 2.45) is 4.99 Å². The van der Waals surface area contributed by atoms with Crippen molar-refractivity contribution in [3.05, 3.63) is 29.8 Å². The van der Waals surface area contributed by atoms with E-state index in [0.29, 0.717) is 6.04 Å². The van der Waals surface area contributed by atoms with E-state index < -0.39 is 0 Å². The van der Waals surface area contributed by atoms with E-state index in [1.54, 1.807) is 7.11 Å². The van der Waals surface area contributed by atoms with Gasteiger partial charge in [-0.1, -0.05) is 12.1 Å². The zero-order valence-corrected chi connectivity index (χ0v) is 19.8. The number of benzene rings is 1. The lowest BCUT2D eigenvalue weighted by atomic mass is 10.1. The average Bonchev–Trinajstić information content (AvgIpc) is 3.24. The summed E-state index contributed by atoms with van der Waals surface area (Å²) in [6.07, 6.45) is 3.81. The topological polar surface area (TPSA) is 55.4 Å². The molecule has 2 fully saturated rings. The molecule has 0 aromatic heterocycles. The van der Waals surface area contributed by atoms with Gasteiger partial charge >= 0.3 is 0 Å². The molecule has 1 aromatic rings. The maximum Gasteiger partial charge on any atom is 0.191 e. The fraction of sp³-hybridized carbons (Fsp3) is 0.708. The minimum absolute atomic E-state index is 0.310. The molecular weight excluding hydrogens is 388 g/mol. The number of nitrogens with zero attached hydrogens (tertiary/aromatic N) is 4. The summed E-state index contributed by atoms with van der Waals surface area (Å²) in [6.45, 7) is 12.8. The maximum absolute atomic E-state index is 5.34. The SMILES string of the molecule is CCNC(=NCC(c1ccc(OC)cc1)N1CCCC1)NCCN1CCCN(C)CC1. The van der Waals surface area contributed by atoms with Crippen LogP contribution in [0.15, 0.2) is 29.3 Å². The van der Waals surface area contributed by atoms with Crippen LogP contribution in [0.25, 0.3) is 0 Å². The minimum Gasteiger partial charge on any atom is -0.497 e. The van der Waals surface area contributed by atoms with Crippen molar-refractivity contribution in [3.63, 3.8) is 0 Å². The van der Waals surface area contributed by atoms with Crippen molar-refractivity contribution in [1.29, 1.82) is 0 Å². The first-order valence-corrected chi connectivity index (χ1v) is 12.0. The first-order valence-electron chi connectivity index (χ1n) is 12.0. The predicted molar refractivity (Wildman–Crippen MR) is 129 cm³/mol. The van der Waals surface area contributed by atoms with Crippen molar-refractivity contribution in [1.82, 2.24) is 25.3 Å². The fourth-order valence-electron chi connectivity index (χ4n) is 4.49. The van der Waals surface area contributed by atoms with Crippen LogP contribution in [-0.4, -0.2) is 100 Å². The molecule has 3 rings (SSSR count). The lowest BCUT2D eigenvalue weighted by Gasteiger charge is -2.27. The van der Waals surface area contributed by atoms with Gasteiger partial charge in [0.25, 0.3) is 0 Å². The molecule has 0 amide bonds. The number of hydrogen-bond acceptors (Lipinski definition) is 5. The number of methoxy groups -OCH3 is 1. The molecule has 0 aliphatic carbocycles. The van der Waals surface area contributed by atoms with Gasteiger partial charge in [0.1, 0.15) is 5.75 Å². The highest BCUT2D eigenvalue weighted by atomic mass is 16.5. The molecule has 174 valence electrons. The number of ether oxygens (including phenoxy) is 1. The van der Waals surface area contributed by atoms with Crippen LogP contribution in [-0.2, 0) is 0 Å². The number of aliphatic imine (C=N–C) groups is 1. The van der Waals surface area contributed by atoms with E-state index >= 15 is 0 Å². The Balaban J connectivity index is 1.58. The van der Waals surface area contributed by atoms with Crippen molar-refractivity contribution in [3.8, 4) is 5.75 Å². The largest absolute Gasteiger partial charge is 0.497 e. The number of guanidine groups is 1. The Morgan fingerprint density at radius 1 is 1.00 bits per heavy atom. The van der Waals surface area contributed by atoms with Gasteiger partial charge in [-0.25, -0.2) is 0 Å². The molecule has 1 unspecified atom stereocenters. The van der Waals surface area contributed by atoms with Crippen LogP contribution >= 0.6 is 0 Å². The van der Waals surface area contributed by atoms with Gasteiger partial charge in [-0.2, -0.15) is 0 Å². The first kappa shape index (κ1) is 23.8. The minimum atomic E-state index is 0.310. The summed E-state index contributed by atoms with van der Waals surface area (Å²) in [4.78, 5) is 12.5. The van der Waals surface area contributed by atoms with E-state index in [0.717, 1.165) is 64.1 Å². The van der Waals surface area contributed by atoms with Crippen LogP contribution in [0.3, 0.4) is 0 Å². The first-order chi connectivity index (χ1) is 15.2. The summed E-state index contributed by atoms with van der Waals surface area (Å²) >= 11 is 0. The summed E-state index contributed by atoms with van der Waals surface area (Å²) < 4.78 is 5.34. The summed E-state index contributed by atoms with van der Waals surface area (Å²) in [5.74, 6) is 1.83. The van der Waals surface area contributed by atoms with Gasteiger partial charge in [0.05, 0.1) is 19.7 Å². The monoisotopic (exact) mass is 430 g/mol. The van der Waals surface area contributed by atoms with Gasteiger partial charge in [-0.15, -0.1) is 0 Å². The Morgan fingerprint density at radius 2 is 1.77 bits per heavy atom. The molecular formula is C24H42N6O. The predicted octanol–water partition coefficient (Wildman–Crippen LogP) is 2.02. The molecule has 2 N–H and O–H groups in total. The molecule has 0 bridgehead atoms. The summed E-state index contributed by atoms with van der Waals surface area (Å²) in [5.41, 5.74) is 1.32. The van der Waals surface area contributed by atoms with E-state index in [2.05, 4.69) is 63.6 Å². The zero-order chi connectivity index (χ0) is 21.9. The smallest absolute Gasteiger partial charge is 0.191 e. The fourth-order valence-corrected chi connectivity index (χ4v) is 4.49. The van der Waals surface area contributed by atoms with E-state index in [1.807, 2.05) is 0 Å². The number of rotatable bonds is 9. The molecule has 31 heavy (non-hydrogen) atoms. The number of nitrogens with one attached hydrogen (secondary N) is 2. The summed E-state index contributed by atoms with van der Waals surface area (Å²) in [6, 6.07) is 8.81. The van der Waals surface area contributed by atoms with Crippen LogP contribution in [0.4, 0.5) is 0 Å². The number of hydrogen-bond donors (Lipinski definition) is 2. The summed E-state index contributed by atoms with van der Waals surface area (Å²) in [5, 5.41) is 6.99. The third kappa shape index (κ3) is 7.66. The molecule has 7 nitrogen and oxygen atoms in total. The van der Waals surface area contributed by atoms with Gasteiger partial charge in [-0.3, -0.25) is 9.89 Å². The molecule has 0 radical (unpaired) electrons. The highest BCUT2D eigenvalue weighted by molar-refractivity contribution is 5.79. The van der Waals surface area contributed by atoms with Crippen molar-refractivity contribution in [2.45, 2.75) is 32.2 Å². The number of likely N-dealkylation sites (tertiary alicyclic amines) is 1. The Morgan fingerprint density at radius 3 is 2.48 bits per heavy atom. The van der Waals surface area contributed by atoms with Gasteiger partial charge in [0, 0.05) is 32.7 Å². The Labute approximate surface area is 188 Å². The Hall–Kier alpha value is -1.83. The van der Waals surface area contributed by atoms with Gasteiger partial charge in [0.2, 0.25) is 0 Å². The van der Waals surface area contributed by atoms with E-state index in [4.69, 9.17) is 9.73 Å². The van der Waals surface area contributed by atoms with Crippen LogP contribution in [0.1, 0.15) is 37.8 Å². The molecule has 2 saturated heterocycles. The van der Waals surface area contributed by atoms with Crippen LogP contribution < -0.4 is 15.4 Å². The van der Waals surface area contributed by atoms with Gasteiger partial charge in [0.15, 0.2) is 5.96 Å². The second-order valence-electron chi connectivity index (χ2n) is 8.68. The molecule has 2 heterocycles. The second-order valence-corrected chi connectivity index (χ2v) is 8.68. The third-order valence-corrected chi connectivity index (χ3v) is 6.38. The van der Waals surface area contributed by atoms with Crippen molar-refractivity contribution in [2.75, 3.05) is 79.6 Å². The maximum atomic E-state index is 5.34. The highest BCUT2D eigenvalue weighted by Gasteiger charge is 2.23. The van der Waals surface area contributed by atoms with Crippen molar-refractivity contribution >= 4 is 5.96 Å². The number of likely N-dealkylation sites (N-methyl/N-ethyl adjacent to an activating group) is 1. The van der Waals surface area contributed by atoms with E-state index in [9.17, 15) is 0 Å². The second kappa shape index (κ2) is 12.9. The van der Waals surface area contributed by atoms with Crippen LogP contribution in [0, 0.1) is 0 Å². The lowest BCUT2D eigenvalue weighted by molar-refractivity contribution is 0.251. The average molecular weight is 431 g/mol. The summed E-state index contributed by atoms with van der Waals surface area (Å²) in [7, 11) is 3.94. The van der Waals surface area contributed by atoms with E-state index in [-0.39, 0.29) is 0 Å². The Bertz CT molecular complexity index is 659. The molecule has 2 aliphatic rings. The molecule has 1 aromatic carbocycles. The molecule has 1 atom stereocenters. The quantitative estimate of drug-likeness (QED) is 0.462. The highest BCUT2D eigenvalue weighted by Crippen LogP contribution is 2.27. The van der Waals surface area contributed by atoms with Gasteiger partial charge in [-0.05, 0) is 77.1 Å². The van der Waals surface area contributed by atoms with Gasteiger partial charge < -0.3 is 25.2 Å². The van der Waals surface area contributed by atoms with E-state index in [1.165, 1.54) is 37.9 Å². The van der Waals surface area contributed by atoms with Crippen LogP contribution in [0.2, 0.25) is 0 Å². The molecule has 2 aliphatic heterocycles. The van der Waals surface area contributed by atoms with Crippen LogP contribution in [0.5, 0.6) is 5.75 Å². The normalized spacial score (nSPS) is 20.4. The standard InChI is InChI=1S/C24H42N6O/c1-4-25-24(26-12-17-29-14-7-13-28(2)18-19-29)27-20-23(30-15-5-6-16-30)21-8-10-22(31-3)11-9-21/h8-11,23H,4-7,12-20H2,1-3H3,(H2,25,26,27). The lowest BCUT2D eigenvalue weighted by Crippen LogP contribution is -2.42. The molecule has 0 spiro atoms. The third-order valence-electron chi connectivity index (χ3n) is 6.38. The van der Waals surface area contributed by atoms with Crippen molar-refractivity contribution < 1.29 is 4.74 Å². The zero-order valence-electron chi connectivity index (χ0n) is 19.8. The molecule has 0 saturated carbocycles.